The maximum Gasteiger partial charge on any atom is 0.119 e. The smallest absolute Gasteiger partial charge is 0.119 e. The topological polar surface area (TPSA) is 53.7 Å². The third-order valence-electron chi connectivity index (χ3n) is 4.90. The van der Waals surface area contributed by atoms with Crippen LogP contribution in [-0.4, -0.2) is 22.3 Å². The van der Waals surface area contributed by atoms with Gasteiger partial charge >= 0.3 is 0 Å². The highest BCUT2D eigenvalue weighted by Gasteiger charge is 2.25. The number of hydrogen-bond acceptors (Lipinski definition) is 2. The van der Waals surface area contributed by atoms with Gasteiger partial charge in [-0.05, 0) is 36.6 Å². The Balaban J connectivity index is 0.00000157. The van der Waals surface area contributed by atoms with E-state index in [0.29, 0.717) is 0 Å². The van der Waals surface area contributed by atoms with Gasteiger partial charge in [0, 0.05) is 22.0 Å². The molecular weight excluding hydrogens is 310 g/mol. The number of benzene rings is 2. The summed E-state index contributed by atoms with van der Waals surface area (Å²) in [7, 11) is 1.71. The number of methoxy groups -OCH3 is 1. The van der Waals surface area contributed by atoms with E-state index in [2.05, 4.69) is 51.6 Å². The lowest BCUT2D eigenvalue weighted by Crippen LogP contribution is -2.02. The molecular formula is C21H21N3O. The van der Waals surface area contributed by atoms with Gasteiger partial charge in [0.05, 0.1) is 24.2 Å². The zero-order valence-corrected chi connectivity index (χ0v) is 13.4. The number of H-pyrrole nitrogens is 2. The molecule has 1 aliphatic carbocycles. The Hall–Kier alpha value is -3.01. The minimum absolute atomic E-state index is 0. The lowest BCUT2D eigenvalue weighted by molar-refractivity contribution is 0.415. The first-order valence-corrected chi connectivity index (χ1v) is 8.17. The number of aromatic amines is 2. The van der Waals surface area contributed by atoms with Gasteiger partial charge in [0.1, 0.15) is 5.75 Å². The highest BCUT2D eigenvalue weighted by Crippen LogP contribution is 2.40. The summed E-state index contributed by atoms with van der Waals surface area (Å²) in [6.07, 6.45) is 2.00. The standard InChI is InChI=1S/C20H17N3O.CH4/c1-24-13-7-10-17-16(11-13)14-8-9-15-18(12-5-3-2-4-6-12)22-23-20(15)19(14)21-17;/h2-7,10-11,21H,8-9H2,1H3,(H,22,23);1H4. The zero-order chi connectivity index (χ0) is 16.1. The van der Waals surface area contributed by atoms with Crippen LogP contribution in [0.25, 0.3) is 33.5 Å². The Labute approximate surface area is 146 Å². The van der Waals surface area contributed by atoms with E-state index in [1.165, 1.54) is 16.5 Å². The van der Waals surface area contributed by atoms with Crippen molar-refractivity contribution in [1.29, 1.82) is 0 Å². The summed E-state index contributed by atoms with van der Waals surface area (Å²) >= 11 is 0. The van der Waals surface area contributed by atoms with Gasteiger partial charge < -0.3 is 9.72 Å². The van der Waals surface area contributed by atoms with Crippen LogP contribution in [0.3, 0.4) is 0 Å². The van der Waals surface area contributed by atoms with Gasteiger partial charge in [-0.1, -0.05) is 37.8 Å². The van der Waals surface area contributed by atoms with Gasteiger partial charge in [0.15, 0.2) is 0 Å². The van der Waals surface area contributed by atoms with Crippen LogP contribution in [0.15, 0.2) is 48.5 Å². The Morgan fingerprint density at radius 2 is 1.76 bits per heavy atom. The molecule has 2 aromatic heterocycles. The molecule has 5 rings (SSSR count). The fourth-order valence-corrected chi connectivity index (χ4v) is 3.73. The van der Waals surface area contributed by atoms with Gasteiger partial charge in [0.2, 0.25) is 0 Å². The fourth-order valence-electron chi connectivity index (χ4n) is 3.73. The Kier molecular flexibility index (Phi) is 3.61. The summed E-state index contributed by atoms with van der Waals surface area (Å²) in [6.45, 7) is 0. The number of fused-ring (bicyclic) bond motifs is 5. The molecule has 2 aromatic carbocycles. The monoisotopic (exact) mass is 331 g/mol. The van der Waals surface area contributed by atoms with Crippen LogP contribution >= 0.6 is 0 Å². The third-order valence-corrected chi connectivity index (χ3v) is 4.90. The fraction of sp³-hybridized carbons (Fsp3) is 0.190. The van der Waals surface area contributed by atoms with Crippen LogP contribution < -0.4 is 4.74 Å². The van der Waals surface area contributed by atoms with E-state index in [9.17, 15) is 0 Å². The normalized spacial score (nSPS) is 12.4. The van der Waals surface area contributed by atoms with Crippen molar-refractivity contribution in [3.8, 4) is 28.4 Å². The van der Waals surface area contributed by atoms with Crippen molar-refractivity contribution in [1.82, 2.24) is 15.2 Å². The first-order chi connectivity index (χ1) is 11.8. The van der Waals surface area contributed by atoms with Gasteiger partial charge in [-0.25, -0.2) is 0 Å². The number of nitrogens with one attached hydrogen (secondary N) is 2. The third kappa shape index (κ3) is 2.25. The molecule has 0 spiro atoms. The summed E-state index contributed by atoms with van der Waals surface area (Å²) < 4.78 is 5.38. The number of hydrogen-bond donors (Lipinski definition) is 2. The summed E-state index contributed by atoms with van der Waals surface area (Å²) in [5, 5.41) is 9.10. The molecule has 0 radical (unpaired) electrons. The lowest BCUT2D eigenvalue weighted by Gasteiger charge is -2.13. The number of ether oxygens (including phenoxy) is 1. The quantitative estimate of drug-likeness (QED) is 0.545. The van der Waals surface area contributed by atoms with Gasteiger partial charge in [0.25, 0.3) is 0 Å². The van der Waals surface area contributed by atoms with Crippen LogP contribution in [0.5, 0.6) is 5.75 Å². The van der Waals surface area contributed by atoms with Crippen molar-refractivity contribution in [2.45, 2.75) is 20.3 Å². The maximum absolute atomic E-state index is 5.38. The van der Waals surface area contributed by atoms with Crippen LogP contribution in [0, 0.1) is 0 Å². The summed E-state index contributed by atoms with van der Waals surface area (Å²) in [5.74, 6) is 0.893. The number of nitrogens with zero attached hydrogens (tertiary/aromatic N) is 1. The molecule has 1 aliphatic rings. The predicted molar refractivity (Wildman–Crippen MR) is 102 cm³/mol. The predicted octanol–water partition coefficient (Wildman–Crippen LogP) is 4.97. The van der Waals surface area contributed by atoms with E-state index >= 15 is 0 Å². The molecule has 0 saturated heterocycles. The zero-order valence-electron chi connectivity index (χ0n) is 13.4. The second kappa shape index (κ2) is 5.81. The van der Waals surface area contributed by atoms with Crippen LogP contribution in [-0.2, 0) is 12.8 Å². The number of aryl methyl sites for hydroxylation is 1. The molecule has 0 saturated carbocycles. The Morgan fingerprint density at radius 3 is 2.56 bits per heavy atom. The van der Waals surface area contributed by atoms with E-state index in [1.54, 1.807) is 7.11 Å². The van der Waals surface area contributed by atoms with E-state index in [-0.39, 0.29) is 7.43 Å². The molecule has 4 nitrogen and oxygen atoms in total. The van der Waals surface area contributed by atoms with E-state index in [1.807, 2.05) is 12.1 Å². The molecule has 2 heterocycles. The second-order valence-electron chi connectivity index (χ2n) is 6.18. The molecule has 0 bridgehead atoms. The van der Waals surface area contributed by atoms with Crippen LogP contribution in [0.4, 0.5) is 0 Å². The molecule has 0 fully saturated rings. The first kappa shape index (κ1) is 15.5. The molecule has 4 aromatic rings. The van der Waals surface area contributed by atoms with Crippen molar-refractivity contribution in [2.24, 2.45) is 0 Å². The summed E-state index contributed by atoms with van der Waals surface area (Å²) in [4.78, 5) is 3.56. The summed E-state index contributed by atoms with van der Waals surface area (Å²) in [6, 6.07) is 16.6. The van der Waals surface area contributed by atoms with Crippen molar-refractivity contribution in [3.63, 3.8) is 0 Å². The van der Waals surface area contributed by atoms with Crippen molar-refractivity contribution >= 4 is 10.9 Å². The minimum atomic E-state index is 0. The summed E-state index contributed by atoms with van der Waals surface area (Å²) in [5.41, 5.74) is 8.29. The maximum atomic E-state index is 5.38. The van der Waals surface area contributed by atoms with E-state index < -0.39 is 0 Å². The van der Waals surface area contributed by atoms with Gasteiger partial charge in [-0.2, -0.15) is 5.10 Å². The molecule has 0 aliphatic heterocycles. The number of rotatable bonds is 2. The largest absolute Gasteiger partial charge is 0.497 e. The second-order valence-corrected chi connectivity index (χ2v) is 6.18. The van der Waals surface area contributed by atoms with Crippen molar-refractivity contribution in [2.75, 3.05) is 7.11 Å². The molecule has 2 N–H and O–H groups in total. The van der Waals surface area contributed by atoms with Crippen LogP contribution in [0.1, 0.15) is 18.6 Å². The molecule has 0 unspecified atom stereocenters. The molecule has 0 atom stereocenters. The number of aromatic nitrogens is 3. The average molecular weight is 331 g/mol. The molecule has 0 amide bonds. The van der Waals surface area contributed by atoms with Gasteiger partial charge in [-0.15, -0.1) is 0 Å². The lowest BCUT2D eigenvalue weighted by atomic mass is 9.91. The van der Waals surface area contributed by atoms with Crippen LogP contribution in [0.2, 0.25) is 0 Å². The Morgan fingerprint density at radius 1 is 0.960 bits per heavy atom. The highest BCUT2D eigenvalue weighted by molar-refractivity contribution is 5.93. The molecule has 126 valence electrons. The highest BCUT2D eigenvalue weighted by atomic mass is 16.5. The van der Waals surface area contributed by atoms with E-state index in [0.717, 1.165) is 46.8 Å². The van der Waals surface area contributed by atoms with E-state index in [4.69, 9.17) is 4.74 Å². The van der Waals surface area contributed by atoms with Crippen molar-refractivity contribution in [3.05, 3.63) is 59.7 Å². The molecule has 4 heteroatoms. The SMILES string of the molecule is C.COc1ccc2[nH]c3c(c2c1)CCc1c(-c2ccccc2)n[nH]c1-3. The minimum Gasteiger partial charge on any atom is -0.497 e. The molecule has 25 heavy (non-hydrogen) atoms. The average Bonchev–Trinajstić information content (AvgIpc) is 3.23. The Bertz CT molecular complexity index is 1040. The van der Waals surface area contributed by atoms with Gasteiger partial charge in [-0.3, -0.25) is 5.10 Å². The van der Waals surface area contributed by atoms with Crippen molar-refractivity contribution < 1.29 is 4.74 Å². The first-order valence-electron chi connectivity index (χ1n) is 8.17.